The fourth-order valence-electron chi connectivity index (χ4n) is 0.625. The minimum atomic E-state index is -0.354. The van der Waals surface area contributed by atoms with E-state index >= 15 is 0 Å². The van der Waals surface area contributed by atoms with Crippen molar-refractivity contribution in [1.29, 1.82) is 0 Å². The number of anilines is 1. The molecule has 0 aliphatic carbocycles. The first-order valence-electron chi connectivity index (χ1n) is 3.37. The Bertz CT molecular complexity index is 269. The molecule has 0 saturated heterocycles. The maximum atomic E-state index is 10.6. The van der Waals surface area contributed by atoms with Crippen LogP contribution in [0.5, 0.6) is 0 Å². The van der Waals surface area contributed by atoms with Crippen molar-refractivity contribution in [3.05, 3.63) is 22.7 Å². The number of nitrogens with one attached hydrogen (secondary N) is 3. The third-order valence-electron chi connectivity index (χ3n) is 1.07. The molecule has 0 atom stereocenters. The van der Waals surface area contributed by atoms with Gasteiger partial charge in [-0.2, -0.15) is 0 Å². The Balaban J connectivity index is 2.64. The SMILES string of the molecule is CCNNc1ccnc(=O)[nH]1. The normalized spacial score (nSPS) is 9.55. The van der Waals surface area contributed by atoms with E-state index < -0.39 is 0 Å². The van der Waals surface area contributed by atoms with E-state index in [1.807, 2.05) is 6.92 Å². The molecule has 0 unspecified atom stereocenters. The Kier molecular flexibility index (Phi) is 2.62. The van der Waals surface area contributed by atoms with Gasteiger partial charge in [-0.15, -0.1) is 0 Å². The second-order valence-electron chi connectivity index (χ2n) is 1.94. The van der Waals surface area contributed by atoms with Crippen LogP contribution in [0.3, 0.4) is 0 Å². The Morgan fingerprint density at radius 1 is 1.73 bits per heavy atom. The van der Waals surface area contributed by atoms with Crippen LogP contribution in [0.15, 0.2) is 17.1 Å². The van der Waals surface area contributed by atoms with Gasteiger partial charge in [0.2, 0.25) is 0 Å². The molecule has 0 spiro atoms. The number of hydrogen-bond donors (Lipinski definition) is 3. The van der Waals surface area contributed by atoms with Gasteiger partial charge in [0.25, 0.3) is 0 Å². The number of aromatic amines is 1. The Hall–Kier alpha value is -1.36. The van der Waals surface area contributed by atoms with Crippen LogP contribution in [0, 0.1) is 0 Å². The molecular weight excluding hydrogens is 144 g/mol. The lowest BCUT2D eigenvalue weighted by atomic mass is 10.6. The molecule has 3 N–H and O–H groups in total. The first kappa shape index (κ1) is 7.74. The molecule has 0 saturated carbocycles. The second kappa shape index (κ2) is 3.72. The van der Waals surface area contributed by atoms with Gasteiger partial charge in [-0.3, -0.25) is 4.98 Å². The van der Waals surface area contributed by atoms with Crippen molar-refractivity contribution in [2.75, 3.05) is 12.0 Å². The minimum absolute atomic E-state index is 0.354. The average molecular weight is 154 g/mol. The predicted molar refractivity (Wildman–Crippen MR) is 42.2 cm³/mol. The molecule has 1 aromatic heterocycles. The van der Waals surface area contributed by atoms with Crippen LogP contribution < -0.4 is 16.5 Å². The molecule has 60 valence electrons. The molecule has 5 heteroatoms. The highest BCUT2D eigenvalue weighted by Crippen LogP contribution is 1.91. The van der Waals surface area contributed by atoms with Gasteiger partial charge >= 0.3 is 5.69 Å². The average Bonchev–Trinajstić information content (AvgIpc) is 2.01. The number of nitrogens with zero attached hydrogens (tertiary/aromatic N) is 1. The Labute approximate surface area is 63.8 Å². The lowest BCUT2D eigenvalue weighted by Gasteiger charge is -2.03. The number of hydrogen-bond acceptors (Lipinski definition) is 4. The fraction of sp³-hybridized carbons (Fsp3) is 0.333. The van der Waals surface area contributed by atoms with Crippen molar-refractivity contribution >= 4 is 5.82 Å². The summed E-state index contributed by atoms with van der Waals surface area (Å²) in [5.74, 6) is 0.617. The third-order valence-corrected chi connectivity index (χ3v) is 1.07. The second-order valence-corrected chi connectivity index (χ2v) is 1.94. The third kappa shape index (κ3) is 2.38. The Morgan fingerprint density at radius 2 is 2.55 bits per heavy atom. The van der Waals surface area contributed by atoms with E-state index in [1.165, 1.54) is 6.20 Å². The van der Waals surface area contributed by atoms with E-state index in [2.05, 4.69) is 20.8 Å². The van der Waals surface area contributed by atoms with Crippen LogP contribution in [0.1, 0.15) is 6.92 Å². The van der Waals surface area contributed by atoms with E-state index in [0.29, 0.717) is 5.82 Å². The van der Waals surface area contributed by atoms with Crippen LogP contribution in [0.2, 0.25) is 0 Å². The van der Waals surface area contributed by atoms with Crippen LogP contribution in [0.25, 0.3) is 0 Å². The Morgan fingerprint density at radius 3 is 3.18 bits per heavy atom. The van der Waals surface area contributed by atoms with Gasteiger partial charge < -0.3 is 5.43 Å². The van der Waals surface area contributed by atoms with Crippen LogP contribution in [-0.2, 0) is 0 Å². The molecular formula is C6H10N4O. The van der Waals surface area contributed by atoms with Gasteiger partial charge in [0.05, 0.1) is 0 Å². The van der Waals surface area contributed by atoms with Gasteiger partial charge in [0.15, 0.2) is 0 Å². The van der Waals surface area contributed by atoms with Gasteiger partial charge in [-0.05, 0) is 6.07 Å². The standard InChI is InChI=1S/C6H10N4O/c1-2-8-10-5-3-4-7-6(11)9-5/h3-4,8H,2H2,1H3,(H2,7,9,10,11). The lowest BCUT2D eigenvalue weighted by Crippen LogP contribution is -2.23. The van der Waals surface area contributed by atoms with Crippen LogP contribution in [-0.4, -0.2) is 16.5 Å². The summed E-state index contributed by atoms with van der Waals surface area (Å²) in [5, 5.41) is 0. The van der Waals surface area contributed by atoms with E-state index in [-0.39, 0.29) is 5.69 Å². The number of hydrazine groups is 1. The molecule has 5 nitrogen and oxygen atoms in total. The highest BCUT2D eigenvalue weighted by molar-refractivity contribution is 5.29. The van der Waals surface area contributed by atoms with E-state index in [4.69, 9.17) is 0 Å². The fourth-order valence-corrected chi connectivity index (χ4v) is 0.625. The summed E-state index contributed by atoms with van der Waals surface area (Å²) in [5.41, 5.74) is 5.28. The molecule has 0 aliphatic rings. The summed E-state index contributed by atoms with van der Waals surface area (Å²) >= 11 is 0. The molecule has 1 rings (SSSR count). The minimum Gasteiger partial charge on any atom is -0.307 e. The highest BCUT2D eigenvalue weighted by atomic mass is 16.1. The molecule has 1 heterocycles. The van der Waals surface area contributed by atoms with Gasteiger partial charge in [-0.1, -0.05) is 6.92 Å². The van der Waals surface area contributed by atoms with Crippen molar-refractivity contribution in [3.8, 4) is 0 Å². The van der Waals surface area contributed by atoms with Gasteiger partial charge in [0, 0.05) is 12.7 Å². The summed E-state index contributed by atoms with van der Waals surface area (Å²) in [6.45, 7) is 2.73. The molecule has 0 bridgehead atoms. The molecule has 11 heavy (non-hydrogen) atoms. The maximum absolute atomic E-state index is 10.6. The lowest BCUT2D eigenvalue weighted by molar-refractivity contribution is 0.831. The summed E-state index contributed by atoms with van der Waals surface area (Å²) in [6, 6.07) is 1.67. The summed E-state index contributed by atoms with van der Waals surface area (Å²) < 4.78 is 0. The van der Waals surface area contributed by atoms with Crippen LogP contribution >= 0.6 is 0 Å². The predicted octanol–water partition coefficient (Wildman–Crippen LogP) is -0.294. The van der Waals surface area contributed by atoms with Gasteiger partial charge in [-0.25, -0.2) is 15.2 Å². The summed E-state index contributed by atoms with van der Waals surface area (Å²) in [6.07, 6.45) is 1.44. The van der Waals surface area contributed by atoms with Crippen molar-refractivity contribution < 1.29 is 0 Å². The molecule has 1 aromatic rings. The first-order chi connectivity index (χ1) is 5.33. The van der Waals surface area contributed by atoms with E-state index in [1.54, 1.807) is 6.07 Å². The van der Waals surface area contributed by atoms with E-state index in [9.17, 15) is 4.79 Å². The number of H-pyrrole nitrogens is 1. The van der Waals surface area contributed by atoms with Gasteiger partial charge in [0.1, 0.15) is 5.82 Å². The molecule has 0 amide bonds. The zero-order chi connectivity index (χ0) is 8.10. The molecule has 0 aliphatic heterocycles. The zero-order valence-electron chi connectivity index (χ0n) is 6.22. The highest BCUT2D eigenvalue weighted by Gasteiger charge is 1.88. The molecule has 0 radical (unpaired) electrons. The van der Waals surface area contributed by atoms with Crippen molar-refractivity contribution in [2.45, 2.75) is 6.92 Å². The topological polar surface area (TPSA) is 69.8 Å². The smallest absolute Gasteiger partial charge is 0.307 e. The number of aromatic nitrogens is 2. The molecule has 0 fully saturated rings. The monoisotopic (exact) mass is 154 g/mol. The summed E-state index contributed by atoms with van der Waals surface area (Å²) in [4.78, 5) is 16.6. The molecule has 0 aromatic carbocycles. The largest absolute Gasteiger partial charge is 0.346 e. The van der Waals surface area contributed by atoms with Crippen LogP contribution in [0.4, 0.5) is 5.82 Å². The summed E-state index contributed by atoms with van der Waals surface area (Å²) in [7, 11) is 0. The maximum Gasteiger partial charge on any atom is 0.346 e. The van der Waals surface area contributed by atoms with E-state index in [0.717, 1.165) is 6.54 Å². The first-order valence-corrected chi connectivity index (χ1v) is 3.37. The zero-order valence-corrected chi connectivity index (χ0v) is 6.22. The van der Waals surface area contributed by atoms with Crippen molar-refractivity contribution in [1.82, 2.24) is 15.4 Å². The quantitative estimate of drug-likeness (QED) is 0.523. The number of rotatable bonds is 3. The van der Waals surface area contributed by atoms with Crippen molar-refractivity contribution in [2.24, 2.45) is 0 Å². The van der Waals surface area contributed by atoms with Crippen molar-refractivity contribution in [3.63, 3.8) is 0 Å².